The average molecular weight is 290 g/mol. The Balaban J connectivity index is 1.48. The summed E-state index contributed by atoms with van der Waals surface area (Å²) in [6, 6.07) is 0.746. The SMILES string of the molecule is CC(C)CNCC1CCCN(Cc2cncn2C2CC2)C1. The van der Waals surface area contributed by atoms with Crippen LogP contribution in [-0.2, 0) is 6.54 Å². The molecule has 3 rings (SSSR count). The largest absolute Gasteiger partial charge is 0.330 e. The molecule has 0 radical (unpaired) electrons. The molecule has 2 heterocycles. The molecular weight excluding hydrogens is 260 g/mol. The molecule has 118 valence electrons. The number of aromatic nitrogens is 2. The Hall–Kier alpha value is -0.870. The highest BCUT2D eigenvalue weighted by Crippen LogP contribution is 2.36. The summed E-state index contributed by atoms with van der Waals surface area (Å²) < 4.78 is 2.40. The first kappa shape index (κ1) is 15.0. The summed E-state index contributed by atoms with van der Waals surface area (Å²) in [4.78, 5) is 6.99. The lowest BCUT2D eigenvalue weighted by atomic mass is 9.97. The molecule has 1 aliphatic carbocycles. The quantitative estimate of drug-likeness (QED) is 0.838. The summed E-state index contributed by atoms with van der Waals surface area (Å²) in [5.41, 5.74) is 1.41. The van der Waals surface area contributed by atoms with Gasteiger partial charge in [0.05, 0.1) is 12.0 Å². The van der Waals surface area contributed by atoms with Crippen molar-refractivity contribution in [3.63, 3.8) is 0 Å². The summed E-state index contributed by atoms with van der Waals surface area (Å²) in [6.07, 6.45) is 9.49. The van der Waals surface area contributed by atoms with Crippen molar-refractivity contribution in [1.29, 1.82) is 0 Å². The maximum Gasteiger partial charge on any atom is 0.0951 e. The van der Waals surface area contributed by atoms with Gasteiger partial charge in [-0.25, -0.2) is 4.98 Å². The lowest BCUT2D eigenvalue weighted by Crippen LogP contribution is -2.40. The molecule has 1 aromatic heterocycles. The first-order valence-corrected chi connectivity index (χ1v) is 8.66. The maximum atomic E-state index is 4.36. The number of nitrogens with one attached hydrogen (secondary N) is 1. The van der Waals surface area contributed by atoms with Gasteiger partial charge in [-0.05, 0) is 57.2 Å². The van der Waals surface area contributed by atoms with Crippen LogP contribution in [0, 0.1) is 11.8 Å². The fraction of sp³-hybridized carbons (Fsp3) is 0.824. The van der Waals surface area contributed by atoms with Crippen molar-refractivity contribution in [3.05, 3.63) is 18.2 Å². The second-order valence-corrected chi connectivity index (χ2v) is 7.32. The van der Waals surface area contributed by atoms with Crippen LogP contribution in [0.5, 0.6) is 0 Å². The number of rotatable bonds is 7. The molecule has 0 bridgehead atoms. The maximum absolute atomic E-state index is 4.36. The molecule has 21 heavy (non-hydrogen) atoms. The molecule has 1 N–H and O–H groups in total. The van der Waals surface area contributed by atoms with Gasteiger partial charge < -0.3 is 9.88 Å². The Bertz CT molecular complexity index is 436. The molecular formula is C17H30N4. The minimum Gasteiger partial charge on any atom is -0.330 e. The third kappa shape index (κ3) is 4.30. The van der Waals surface area contributed by atoms with Gasteiger partial charge in [-0.15, -0.1) is 0 Å². The average Bonchev–Trinajstić information content (AvgIpc) is 3.20. The summed E-state index contributed by atoms with van der Waals surface area (Å²) in [5, 5.41) is 3.63. The normalized spacial score (nSPS) is 23.9. The zero-order valence-electron chi connectivity index (χ0n) is 13.6. The van der Waals surface area contributed by atoms with Crippen LogP contribution in [0.1, 0.15) is 51.3 Å². The Morgan fingerprint density at radius 2 is 2.19 bits per heavy atom. The first-order chi connectivity index (χ1) is 10.2. The molecule has 2 aliphatic rings. The molecule has 1 saturated carbocycles. The third-order valence-electron chi connectivity index (χ3n) is 4.66. The van der Waals surface area contributed by atoms with Gasteiger partial charge in [0.1, 0.15) is 0 Å². The molecule has 1 aromatic rings. The Morgan fingerprint density at radius 1 is 1.33 bits per heavy atom. The van der Waals surface area contributed by atoms with Gasteiger partial charge in [-0.3, -0.25) is 4.90 Å². The van der Waals surface area contributed by atoms with E-state index in [1.165, 1.54) is 51.0 Å². The lowest BCUT2D eigenvalue weighted by Gasteiger charge is -2.33. The number of likely N-dealkylation sites (tertiary alicyclic amines) is 1. The Kier molecular flexibility index (Phi) is 4.96. The molecule has 0 aromatic carbocycles. The molecule has 1 atom stereocenters. The van der Waals surface area contributed by atoms with Gasteiger partial charge in [0.15, 0.2) is 0 Å². The molecule has 2 fully saturated rings. The smallest absolute Gasteiger partial charge is 0.0951 e. The monoisotopic (exact) mass is 290 g/mol. The van der Waals surface area contributed by atoms with Crippen molar-refractivity contribution in [2.75, 3.05) is 26.2 Å². The second kappa shape index (κ2) is 6.93. The van der Waals surface area contributed by atoms with Crippen molar-refractivity contribution in [3.8, 4) is 0 Å². The van der Waals surface area contributed by atoms with Gasteiger partial charge in [0.25, 0.3) is 0 Å². The standard InChI is InChI=1S/C17H30N4/c1-14(2)8-18-9-15-4-3-7-20(11-15)12-17-10-19-13-21(17)16-5-6-16/h10,13-16,18H,3-9,11-12H2,1-2H3. The van der Waals surface area contributed by atoms with Crippen LogP contribution in [-0.4, -0.2) is 40.6 Å². The van der Waals surface area contributed by atoms with Gasteiger partial charge >= 0.3 is 0 Å². The van der Waals surface area contributed by atoms with E-state index in [2.05, 4.69) is 39.8 Å². The van der Waals surface area contributed by atoms with Crippen molar-refractivity contribution in [2.45, 2.75) is 52.1 Å². The van der Waals surface area contributed by atoms with Crippen LogP contribution in [0.2, 0.25) is 0 Å². The zero-order chi connectivity index (χ0) is 14.7. The van der Waals surface area contributed by atoms with Gasteiger partial charge in [-0.1, -0.05) is 13.8 Å². The van der Waals surface area contributed by atoms with Crippen LogP contribution < -0.4 is 5.32 Å². The van der Waals surface area contributed by atoms with E-state index in [-0.39, 0.29) is 0 Å². The predicted molar refractivity (Wildman–Crippen MR) is 86.2 cm³/mol. The topological polar surface area (TPSA) is 33.1 Å². The van der Waals surface area contributed by atoms with E-state index in [0.717, 1.165) is 31.0 Å². The van der Waals surface area contributed by atoms with Gasteiger partial charge in [0, 0.05) is 25.3 Å². The molecule has 1 unspecified atom stereocenters. The van der Waals surface area contributed by atoms with E-state index >= 15 is 0 Å². The van der Waals surface area contributed by atoms with Crippen molar-refractivity contribution in [2.24, 2.45) is 11.8 Å². The number of nitrogens with zero attached hydrogens (tertiary/aromatic N) is 3. The molecule has 0 spiro atoms. The lowest BCUT2D eigenvalue weighted by molar-refractivity contribution is 0.161. The second-order valence-electron chi connectivity index (χ2n) is 7.32. The van der Waals surface area contributed by atoms with Crippen molar-refractivity contribution >= 4 is 0 Å². The highest BCUT2D eigenvalue weighted by atomic mass is 15.2. The minimum atomic E-state index is 0.746. The van der Waals surface area contributed by atoms with Crippen LogP contribution in [0.3, 0.4) is 0 Å². The first-order valence-electron chi connectivity index (χ1n) is 8.66. The predicted octanol–water partition coefficient (Wildman–Crippen LogP) is 2.68. The number of hydrogen-bond acceptors (Lipinski definition) is 3. The molecule has 4 nitrogen and oxygen atoms in total. The zero-order valence-corrected chi connectivity index (χ0v) is 13.6. The highest BCUT2D eigenvalue weighted by Gasteiger charge is 2.26. The van der Waals surface area contributed by atoms with Crippen molar-refractivity contribution in [1.82, 2.24) is 19.8 Å². The number of imidazole rings is 1. The summed E-state index contributed by atoms with van der Waals surface area (Å²) >= 11 is 0. The number of hydrogen-bond donors (Lipinski definition) is 1. The number of piperidine rings is 1. The fourth-order valence-corrected chi connectivity index (χ4v) is 3.40. The van der Waals surface area contributed by atoms with Crippen LogP contribution in [0.4, 0.5) is 0 Å². The van der Waals surface area contributed by atoms with E-state index < -0.39 is 0 Å². The minimum absolute atomic E-state index is 0.746. The highest BCUT2D eigenvalue weighted by molar-refractivity contribution is 5.03. The molecule has 4 heteroatoms. The van der Waals surface area contributed by atoms with Gasteiger partial charge in [-0.2, -0.15) is 0 Å². The van der Waals surface area contributed by atoms with E-state index in [1.54, 1.807) is 0 Å². The van der Waals surface area contributed by atoms with Gasteiger partial charge in [0.2, 0.25) is 0 Å². The fourth-order valence-electron chi connectivity index (χ4n) is 3.40. The van der Waals surface area contributed by atoms with E-state index in [4.69, 9.17) is 0 Å². The molecule has 0 amide bonds. The Morgan fingerprint density at radius 3 is 2.95 bits per heavy atom. The van der Waals surface area contributed by atoms with E-state index in [9.17, 15) is 0 Å². The van der Waals surface area contributed by atoms with Crippen LogP contribution >= 0.6 is 0 Å². The molecule has 1 saturated heterocycles. The van der Waals surface area contributed by atoms with E-state index in [1.807, 2.05) is 6.33 Å². The van der Waals surface area contributed by atoms with Crippen molar-refractivity contribution < 1.29 is 0 Å². The third-order valence-corrected chi connectivity index (χ3v) is 4.66. The summed E-state index contributed by atoms with van der Waals surface area (Å²) in [6.45, 7) is 10.4. The summed E-state index contributed by atoms with van der Waals surface area (Å²) in [7, 11) is 0. The van der Waals surface area contributed by atoms with Crippen LogP contribution in [0.15, 0.2) is 12.5 Å². The van der Waals surface area contributed by atoms with E-state index in [0.29, 0.717) is 0 Å². The Labute approximate surface area is 128 Å². The molecule has 1 aliphatic heterocycles. The summed E-state index contributed by atoms with van der Waals surface area (Å²) in [5.74, 6) is 1.56. The van der Waals surface area contributed by atoms with Crippen LogP contribution in [0.25, 0.3) is 0 Å².